The first kappa shape index (κ1) is 24.1. The first-order valence-corrected chi connectivity index (χ1v) is 12.4. The van der Waals surface area contributed by atoms with Crippen molar-refractivity contribution in [3.63, 3.8) is 0 Å². The minimum absolute atomic E-state index is 0.0382. The van der Waals surface area contributed by atoms with E-state index in [-0.39, 0.29) is 13.0 Å². The highest BCUT2D eigenvalue weighted by molar-refractivity contribution is 7.87. The summed E-state index contributed by atoms with van der Waals surface area (Å²) in [5.74, 6) is -1.13. The topological polar surface area (TPSA) is 81.7 Å². The van der Waals surface area contributed by atoms with Gasteiger partial charge in [-0.3, -0.25) is 19.1 Å². The van der Waals surface area contributed by atoms with Gasteiger partial charge in [-0.25, -0.2) is 0 Å². The molecule has 1 fully saturated rings. The fourth-order valence-electron chi connectivity index (χ4n) is 4.76. The normalized spacial score (nSPS) is 25.1. The molecule has 1 aliphatic rings. The predicted molar refractivity (Wildman–Crippen MR) is 132 cm³/mol. The Kier molecular flexibility index (Phi) is 6.60. The van der Waals surface area contributed by atoms with E-state index >= 15 is 0 Å². The highest BCUT2D eigenvalue weighted by Gasteiger charge is 2.65. The van der Waals surface area contributed by atoms with Crippen molar-refractivity contribution >= 4 is 33.5 Å². The smallest absolute Gasteiger partial charge is 0.327 e. The van der Waals surface area contributed by atoms with Crippen LogP contribution in [0, 0.1) is 6.92 Å². The van der Waals surface area contributed by atoms with Gasteiger partial charge >= 0.3 is 11.9 Å². The molecule has 0 unspecified atom stereocenters. The number of carbonyl (C=O) groups is 2. The van der Waals surface area contributed by atoms with Gasteiger partial charge in [0.15, 0.2) is 4.75 Å². The minimum Gasteiger partial charge on any atom is -0.468 e. The Morgan fingerprint density at radius 1 is 1.03 bits per heavy atom. The summed E-state index contributed by atoms with van der Waals surface area (Å²) >= 11 is 0. The van der Waals surface area contributed by atoms with Gasteiger partial charge in [0, 0.05) is 11.3 Å². The van der Waals surface area contributed by atoms with Gasteiger partial charge in [-0.2, -0.15) is 0 Å². The molecule has 1 heterocycles. The maximum atomic E-state index is 14.2. The molecule has 4 rings (SSSR count). The highest BCUT2D eigenvalue weighted by atomic mass is 32.2. The van der Waals surface area contributed by atoms with Gasteiger partial charge in [0.25, 0.3) is 0 Å². The number of hydrogen-bond acceptors (Lipinski definition) is 6. The maximum Gasteiger partial charge on any atom is 0.327 e. The largest absolute Gasteiger partial charge is 0.468 e. The molecule has 3 aromatic rings. The standard InChI is InChI=1S/C27H29NO5S/c1-5-33-24(29)26(3)17-27(25(30)32-4,34(31)22-14-10-18(2)11-15-22)23(28-26)21-13-12-19-8-6-7-9-20(19)16-21/h6-16,23,28H,5,17H2,1-4H3/t23-,26+,27+,34+/m1/s1. The van der Waals surface area contributed by atoms with Crippen molar-refractivity contribution in [3.05, 3.63) is 77.9 Å². The van der Waals surface area contributed by atoms with Gasteiger partial charge in [-0.05, 0) is 55.3 Å². The lowest BCUT2D eigenvalue weighted by Crippen LogP contribution is -2.48. The zero-order chi connectivity index (χ0) is 24.5. The SMILES string of the molecule is CCOC(=O)[C@]1(C)C[C@](C(=O)OC)([S@@](=O)c2ccc(C)cc2)[C@@H](c2ccc3ccccc3c2)N1. The number of esters is 2. The Labute approximate surface area is 202 Å². The van der Waals surface area contributed by atoms with Crippen LogP contribution in [0.25, 0.3) is 10.8 Å². The molecule has 0 amide bonds. The number of hydrogen-bond donors (Lipinski definition) is 1. The fraction of sp³-hybridized carbons (Fsp3) is 0.333. The van der Waals surface area contributed by atoms with Crippen LogP contribution < -0.4 is 5.32 Å². The second-order valence-corrected chi connectivity index (χ2v) is 10.6. The first-order chi connectivity index (χ1) is 16.2. The molecule has 0 bridgehead atoms. The third-order valence-electron chi connectivity index (χ3n) is 6.48. The van der Waals surface area contributed by atoms with Crippen molar-refractivity contribution in [1.29, 1.82) is 0 Å². The Morgan fingerprint density at radius 2 is 1.71 bits per heavy atom. The molecule has 178 valence electrons. The van der Waals surface area contributed by atoms with Crippen LogP contribution in [0.3, 0.4) is 0 Å². The lowest BCUT2D eigenvalue weighted by Gasteiger charge is -2.31. The molecule has 0 radical (unpaired) electrons. The summed E-state index contributed by atoms with van der Waals surface area (Å²) in [7, 11) is -0.546. The van der Waals surface area contributed by atoms with Crippen LogP contribution in [0.5, 0.6) is 0 Å². The Hall–Kier alpha value is -3.03. The average molecular weight is 480 g/mol. The van der Waals surface area contributed by atoms with E-state index in [0.717, 1.165) is 21.9 Å². The number of fused-ring (bicyclic) bond motifs is 1. The molecule has 4 atom stereocenters. The van der Waals surface area contributed by atoms with Gasteiger partial charge < -0.3 is 9.47 Å². The maximum absolute atomic E-state index is 14.2. The van der Waals surface area contributed by atoms with E-state index in [1.807, 2.05) is 61.5 Å². The number of benzene rings is 3. The van der Waals surface area contributed by atoms with Crippen LogP contribution in [0.15, 0.2) is 71.6 Å². The van der Waals surface area contributed by atoms with Crippen LogP contribution in [0.1, 0.15) is 37.4 Å². The molecule has 3 aromatic carbocycles. The summed E-state index contributed by atoms with van der Waals surface area (Å²) in [6, 6.07) is 20.2. The molecule has 0 aliphatic carbocycles. The third kappa shape index (κ3) is 4.03. The van der Waals surface area contributed by atoms with E-state index in [2.05, 4.69) is 5.32 Å². The van der Waals surface area contributed by atoms with Gasteiger partial charge in [0.05, 0.1) is 30.6 Å². The van der Waals surface area contributed by atoms with Crippen LogP contribution in [-0.4, -0.2) is 40.2 Å². The Bertz CT molecular complexity index is 1260. The van der Waals surface area contributed by atoms with Crippen molar-refractivity contribution in [2.45, 2.75) is 48.4 Å². The zero-order valence-electron chi connectivity index (χ0n) is 19.8. The third-order valence-corrected chi connectivity index (χ3v) is 8.38. The van der Waals surface area contributed by atoms with E-state index in [1.54, 1.807) is 26.0 Å². The van der Waals surface area contributed by atoms with Crippen molar-refractivity contribution in [3.8, 4) is 0 Å². The fourth-order valence-corrected chi connectivity index (χ4v) is 6.63. The van der Waals surface area contributed by atoms with Crippen LogP contribution in [0.2, 0.25) is 0 Å². The van der Waals surface area contributed by atoms with Gasteiger partial charge in [-0.15, -0.1) is 0 Å². The predicted octanol–water partition coefficient (Wildman–Crippen LogP) is 4.22. The monoisotopic (exact) mass is 479 g/mol. The summed E-state index contributed by atoms with van der Waals surface area (Å²) < 4.78 is 23.3. The van der Waals surface area contributed by atoms with E-state index in [0.29, 0.717) is 4.90 Å². The number of carbonyl (C=O) groups excluding carboxylic acids is 2. The molecular weight excluding hydrogens is 450 g/mol. The quantitative estimate of drug-likeness (QED) is 0.533. The zero-order valence-corrected chi connectivity index (χ0v) is 20.6. The van der Waals surface area contributed by atoms with Crippen LogP contribution in [0.4, 0.5) is 0 Å². The molecule has 1 aliphatic heterocycles. The Morgan fingerprint density at radius 3 is 2.35 bits per heavy atom. The average Bonchev–Trinajstić information content (AvgIpc) is 3.19. The van der Waals surface area contributed by atoms with Crippen LogP contribution in [-0.2, 0) is 29.9 Å². The summed E-state index contributed by atoms with van der Waals surface area (Å²) in [5.41, 5.74) is 0.526. The highest BCUT2D eigenvalue weighted by Crippen LogP contribution is 2.48. The Balaban J connectivity index is 1.92. The molecule has 1 N–H and O–H groups in total. The van der Waals surface area contributed by atoms with Crippen molar-refractivity contribution in [2.75, 3.05) is 13.7 Å². The van der Waals surface area contributed by atoms with Crippen LogP contribution >= 0.6 is 0 Å². The first-order valence-electron chi connectivity index (χ1n) is 11.3. The lowest BCUT2D eigenvalue weighted by atomic mass is 9.88. The molecule has 34 heavy (non-hydrogen) atoms. The summed E-state index contributed by atoms with van der Waals surface area (Å²) in [6.45, 7) is 5.56. The van der Waals surface area contributed by atoms with Gasteiger partial charge in [-0.1, -0.05) is 54.1 Å². The molecule has 0 saturated carbocycles. The number of ether oxygens (including phenoxy) is 2. The number of rotatable bonds is 6. The molecular formula is C27H29NO5S. The molecule has 0 spiro atoms. The molecule has 7 heteroatoms. The van der Waals surface area contributed by atoms with E-state index < -0.39 is 39.1 Å². The van der Waals surface area contributed by atoms with Crippen molar-refractivity contribution in [1.82, 2.24) is 5.32 Å². The second kappa shape index (κ2) is 9.31. The number of aryl methyl sites for hydroxylation is 1. The number of nitrogens with one attached hydrogen (secondary N) is 1. The second-order valence-electron chi connectivity index (χ2n) is 8.88. The van der Waals surface area contributed by atoms with Gasteiger partial charge in [0.1, 0.15) is 5.54 Å². The van der Waals surface area contributed by atoms with Crippen molar-refractivity contribution in [2.24, 2.45) is 0 Å². The van der Waals surface area contributed by atoms with Crippen molar-refractivity contribution < 1.29 is 23.3 Å². The summed E-state index contributed by atoms with van der Waals surface area (Å²) in [4.78, 5) is 27.0. The lowest BCUT2D eigenvalue weighted by molar-refractivity contribution is -0.150. The van der Waals surface area contributed by atoms with E-state index in [1.165, 1.54) is 7.11 Å². The summed E-state index contributed by atoms with van der Waals surface area (Å²) in [6.07, 6.45) is -0.0382. The van der Waals surface area contributed by atoms with Gasteiger partial charge in [0.2, 0.25) is 0 Å². The minimum atomic E-state index is -1.83. The van der Waals surface area contributed by atoms with E-state index in [9.17, 15) is 13.8 Å². The molecule has 6 nitrogen and oxygen atoms in total. The summed E-state index contributed by atoms with van der Waals surface area (Å²) in [5, 5.41) is 5.35. The molecule has 1 saturated heterocycles. The molecule has 0 aromatic heterocycles. The van der Waals surface area contributed by atoms with E-state index in [4.69, 9.17) is 9.47 Å². The number of methoxy groups -OCH3 is 1.